The van der Waals surface area contributed by atoms with Crippen molar-refractivity contribution in [2.75, 3.05) is 6.61 Å². The Morgan fingerprint density at radius 1 is 1.58 bits per heavy atom. The topological polar surface area (TPSA) is 35.5 Å². The van der Waals surface area contributed by atoms with E-state index < -0.39 is 11.4 Å². The van der Waals surface area contributed by atoms with Crippen LogP contribution in [0.3, 0.4) is 0 Å². The van der Waals surface area contributed by atoms with Crippen LogP contribution in [0.25, 0.3) is 0 Å². The molecule has 0 aromatic carbocycles. The summed E-state index contributed by atoms with van der Waals surface area (Å²) >= 11 is 0. The van der Waals surface area contributed by atoms with Crippen molar-refractivity contribution in [3.63, 3.8) is 0 Å². The van der Waals surface area contributed by atoms with Crippen LogP contribution >= 0.6 is 0 Å². The fraction of sp³-hybridized carbons (Fsp3) is 0.667. The van der Waals surface area contributed by atoms with E-state index in [9.17, 15) is 4.79 Å². The third-order valence-electron chi connectivity index (χ3n) is 1.82. The van der Waals surface area contributed by atoms with E-state index in [0.29, 0.717) is 13.0 Å². The first-order valence-corrected chi connectivity index (χ1v) is 3.95. The second-order valence-corrected chi connectivity index (χ2v) is 3.47. The highest BCUT2D eigenvalue weighted by molar-refractivity contribution is 5.63. The van der Waals surface area contributed by atoms with Crippen LogP contribution in [0.15, 0.2) is 12.7 Å². The highest BCUT2D eigenvalue weighted by Crippen LogP contribution is 2.31. The molecule has 0 amide bonds. The molecule has 0 spiro atoms. The maximum atomic E-state index is 10.8. The SMILES string of the molecule is C=CC[C@@]1(C=O)COC(C)(C)O1. The van der Waals surface area contributed by atoms with E-state index >= 15 is 0 Å². The average Bonchev–Trinajstić information content (AvgIpc) is 2.29. The number of aldehydes is 1. The van der Waals surface area contributed by atoms with Gasteiger partial charge in [0.15, 0.2) is 17.7 Å². The number of carbonyl (C=O) groups excluding carboxylic acids is 1. The highest BCUT2D eigenvalue weighted by Gasteiger charge is 2.44. The molecular weight excluding hydrogens is 156 g/mol. The first-order valence-electron chi connectivity index (χ1n) is 3.95. The molecule has 0 bridgehead atoms. The van der Waals surface area contributed by atoms with E-state index in [4.69, 9.17) is 9.47 Å². The van der Waals surface area contributed by atoms with Gasteiger partial charge in [0.1, 0.15) is 0 Å². The van der Waals surface area contributed by atoms with Crippen LogP contribution in [-0.4, -0.2) is 24.3 Å². The summed E-state index contributed by atoms with van der Waals surface area (Å²) in [4.78, 5) is 10.8. The lowest BCUT2D eigenvalue weighted by Gasteiger charge is -2.22. The smallest absolute Gasteiger partial charge is 0.164 e. The van der Waals surface area contributed by atoms with E-state index in [0.717, 1.165) is 6.29 Å². The molecule has 1 rings (SSSR count). The monoisotopic (exact) mass is 170 g/mol. The average molecular weight is 170 g/mol. The maximum Gasteiger partial charge on any atom is 0.164 e. The lowest BCUT2D eigenvalue weighted by molar-refractivity contribution is -0.164. The Hall–Kier alpha value is -0.670. The van der Waals surface area contributed by atoms with Crippen LogP contribution in [-0.2, 0) is 14.3 Å². The van der Waals surface area contributed by atoms with E-state index in [2.05, 4.69) is 6.58 Å². The molecule has 0 radical (unpaired) electrons. The normalized spacial score (nSPS) is 33.2. The van der Waals surface area contributed by atoms with Gasteiger partial charge in [-0.1, -0.05) is 6.08 Å². The molecule has 0 N–H and O–H groups in total. The Labute approximate surface area is 72.4 Å². The third-order valence-corrected chi connectivity index (χ3v) is 1.82. The van der Waals surface area contributed by atoms with Gasteiger partial charge in [-0.05, 0) is 13.8 Å². The molecule has 1 fully saturated rings. The molecule has 3 nitrogen and oxygen atoms in total. The predicted octanol–water partition coefficient (Wildman–Crippen LogP) is 1.28. The molecule has 0 aliphatic carbocycles. The van der Waals surface area contributed by atoms with Gasteiger partial charge < -0.3 is 14.3 Å². The van der Waals surface area contributed by atoms with Crippen molar-refractivity contribution < 1.29 is 14.3 Å². The summed E-state index contributed by atoms with van der Waals surface area (Å²) in [6, 6.07) is 0. The van der Waals surface area contributed by atoms with Gasteiger partial charge in [-0.2, -0.15) is 0 Å². The van der Waals surface area contributed by atoms with Gasteiger partial charge in [0.2, 0.25) is 0 Å². The van der Waals surface area contributed by atoms with Crippen molar-refractivity contribution in [1.29, 1.82) is 0 Å². The van der Waals surface area contributed by atoms with Crippen molar-refractivity contribution in [3.05, 3.63) is 12.7 Å². The molecule has 1 aliphatic rings. The van der Waals surface area contributed by atoms with Crippen LogP contribution in [0, 0.1) is 0 Å². The molecule has 1 aliphatic heterocycles. The van der Waals surface area contributed by atoms with Crippen molar-refractivity contribution in [1.82, 2.24) is 0 Å². The molecule has 68 valence electrons. The first-order chi connectivity index (χ1) is 5.54. The van der Waals surface area contributed by atoms with Crippen LogP contribution < -0.4 is 0 Å². The summed E-state index contributed by atoms with van der Waals surface area (Å²) < 4.78 is 10.8. The molecule has 1 saturated heterocycles. The van der Waals surface area contributed by atoms with E-state index in [1.54, 1.807) is 19.9 Å². The van der Waals surface area contributed by atoms with E-state index in [-0.39, 0.29) is 0 Å². The van der Waals surface area contributed by atoms with Gasteiger partial charge in [0, 0.05) is 6.42 Å². The van der Waals surface area contributed by atoms with Crippen LogP contribution in [0.4, 0.5) is 0 Å². The van der Waals surface area contributed by atoms with E-state index in [1.807, 2.05) is 0 Å². The Morgan fingerprint density at radius 2 is 2.25 bits per heavy atom. The molecule has 0 saturated carbocycles. The molecule has 3 heteroatoms. The van der Waals surface area contributed by atoms with Gasteiger partial charge in [-0.15, -0.1) is 6.58 Å². The second kappa shape index (κ2) is 2.99. The van der Waals surface area contributed by atoms with Crippen LogP contribution in [0.2, 0.25) is 0 Å². The van der Waals surface area contributed by atoms with Crippen molar-refractivity contribution in [2.45, 2.75) is 31.7 Å². The maximum absolute atomic E-state index is 10.8. The minimum absolute atomic E-state index is 0.315. The van der Waals surface area contributed by atoms with E-state index in [1.165, 1.54) is 0 Å². The lowest BCUT2D eigenvalue weighted by Crippen LogP contribution is -2.35. The van der Waals surface area contributed by atoms with Crippen molar-refractivity contribution in [3.8, 4) is 0 Å². The second-order valence-electron chi connectivity index (χ2n) is 3.47. The molecular formula is C9H14O3. The zero-order chi connectivity index (χ0) is 9.24. The summed E-state index contributed by atoms with van der Waals surface area (Å²) in [5.41, 5.74) is -0.800. The Balaban J connectivity index is 2.72. The zero-order valence-corrected chi connectivity index (χ0v) is 7.50. The molecule has 0 aromatic heterocycles. The zero-order valence-electron chi connectivity index (χ0n) is 7.50. The van der Waals surface area contributed by atoms with Crippen LogP contribution in [0.5, 0.6) is 0 Å². The summed E-state index contributed by atoms with van der Waals surface area (Å²) in [5.74, 6) is -0.649. The number of ether oxygens (including phenoxy) is 2. The summed E-state index contributed by atoms with van der Waals surface area (Å²) in [6.07, 6.45) is 2.96. The number of hydrogen-bond acceptors (Lipinski definition) is 3. The number of rotatable bonds is 3. The van der Waals surface area contributed by atoms with Gasteiger partial charge in [-0.25, -0.2) is 0 Å². The van der Waals surface area contributed by atoms with Gasteiger partial charge in [0.25, 0.3) is 0 Å². The minimum atomic E-state index is -0.800. The Bertz CT molecular complexity index is 198. The Morgan fingerprint density at radius 3 is 2.58 bits per heavy atom. The summed E-state index contributed by atoms with van der Waals surface area (Å²) in [6.45, 7) is 7.47. The summed E-state index contributed by atoms with van der Waals surface area (Å²) in [5, 5.41) is 0. The predicted molar refractivity (Wildman–Crippen MR) is 44.7 cm³/mol. The van der Waals surface area contributed by atoms with Crippen molar-refractivity contribution >= 4 is 6.29 Å². The molecule has 12 heavy (non-hydrogen) atoms. The quantitative estimate of drug-likeness (QED) is 0.473. The first kappa shape index (κ1) is 9.42. The Kier molecular flexibility index (Phi) is 2.35. The number of carbonyl (C=O) groups is 1. The fourth-order valence-corrected chi connectivity index (χ4v) is 1.30. The van der Waals surface area contributed by atoms with Gasteiger partial charge in [-0.3, -0.25) is 0 Å². The third kappa shape index (κ3) is 1.73. The van der Waals surface area contributed by atoms with Crippen LogP contribution in [0.1, 0.15) is 20.3 Å². The highest BCUT2D eigenvalue weighted by atomic mass is 16.8. The molecule has 1 heterocycles. The molecule has 0 aromatic rings. The molecule has 0 unspecified atom stereocenters. The molecule has 1 atom stereocenters. The van der Waals surface area contributed by atoms with Gasteiger partial charge >= 0.3 is 0 Å². The number of hydrogen-bond donors (Lipinski definition) is 0. The largest absolute Gasteiger partial charge is 0.347 e. The standard InChI is InChI=1S/C9H14O3/c1-4-5-9(6-10)7-11-8(2,3)12-9/h4,6H,1,5,7H2,2-3H3/t9-/m1/s1. The fourth-order valence-electron chi connectivity index (χ4n) is 1.30. The lowest BCUT2D eigenvalue weighted by atomic mass is 10.0. The minimum Gasteiger partial charge on any atom is -0.347 e. The van der Waals surface area contributed by atoms with Crippen molar-refractivity contribution in [2.24, 2.45) is 0 Å². The summed E-state index contributed by atoms with van der Waals surface area (Å²) in [7, 11) is 0. The van der Waals surface area contributed by atoms with Gasteiger partial charge in [0.05, 0.1) is 6.61 Å².